The third-order valence-corrected chi connectivity index (χ3v) is 3.56. The Bertz CT molecular complexity index is 487. The first kappa shape index (κ1) is 15.6. The fraction of sp³-hybridized carbons (Fsp3) is 0.333. The first-order chi connectivity index (χ1) is 10.2. The summed E-state index contributed by atoms with van der Waals surface area (Å²) < 4.78 is 25.9. The minimum atomic E-state index is -0.208. The van der Waals surface area contributed by atoms with Gasteiger partial charge in [0.25, 0.3) is 0 Å². The first-order valence-electron chi connectivity index (χ1n) is 7.37. The molecule has 0 radical (unpaired) electrons. The number of hydrogen-bond acceptors (Lipinski definition) is 1. The Labute approximate surface area is 125 Å². The number of rotatable bonds is 7. The van der Waals surface area contributed by atoms with Crippen molar-refractivity contribution in [2.45, 2.75) is 19.8 Å². The standard InChI is InChI=1S/C18H21F2N/c1-2-21-13-16(11-14-3-7-17(19)8-4-14)12-15-5-9-18(20)10-6-15/h3-10,16,21H,2,11-13H2,1H3. The molecule has 1 N–H and O–H groups in total. The molecule has 0 aromatic heterocycles. The van der Waals surface area contributed by atoms with Crippen molar-refractivity contribution in [2.75, 3.05) is 13.1 Å². The molecule has 0 fully saturated rings. The molecule has 0 spiro atoms. The zero-order valence-corrected chi connectivity index (χ0v) is 12.3. The monoisotopic (exact) mass is 289 g/mol. The van der Waals surface area contributed by atoms with Gasteiger partial charge in [0.05, 0.1) is 0 Å². The lowest BCUT2D eigenvalue weighted by Gasteiger charge is -2.17. The molecule has 0 heterocycles. The molecule has 2 aromatic carbocycles. The van der Waals surface area contributed by atoms with Gasteiger partial charge < -0.3 is 5.32 Å². The third kappa shape index (κ3) is 5.27. The summed E-state index contributed by atoms with van der Waals surface area (Å²) in [7, 11) is 0. The summed E-state index contributed by atoms with van der Waals surface area (Å²) in [5.41, 5.74) is 2.25. The zero-order chi connectivity index (χ0) is 15.1. The topological polar surface area (TPSA) is 12.0 Å². The lowest BCUT2D eigenvalue weighted by atomic mass is 9.92. The lowest BCUT2D eigenvalue weighted by Crippen LogP contribution is -2.25. The molecule has 0 saturated carbocycles. The van der Waals surface area contributed by atoms with Crippen LogP contribution < -0.4 is 5.32 Å². The molecule has 2 aromatic rings. The molecule has 2 rings (SSSR count). The van der Waals surface area contributed by atoms with E-state index in [1.807, 2.05) is 24.3 Å². The minimum Gasteiger partial charge on any atom is -0.317 e. The summed E-state index contributed by atoms with van der Waals surface area (Å²) in [6, 6.07) is 13.3. The highest BCUT2D eigenvalue weighted by Gasteiger charge is 2.11. The number of benzene rings is 2. The average Bonchev–Trinajstić information content (AvgIpc) is 2.49. The minimum absolute atomic E-state index is 0.208. The van der Waals surface area contributed by atoms with Gasteiger partial charge >= 0.3 is 0 Å². The molecule has 1 nitrogen and oxygen atoms in total. The average molecular weight is 289 g/mol. The fourth-order valence-electron chi connectivity index (χ4n) is 2.47. The molecule has 0 amide bonds. The van der Waals surface area contributed by atoms with Gasteiger partial charge in [-0.15, -0.1) is 0 Å². The van der Waals surface area contributed by atoms with Crippen LogP contribution in [0.3, 0.4) is 0 Å². The summed E-state index contributed by atoms with van der Waals surface area (Å²) >= 11 is 0. The number of nitrogens with one attached hydrogen (secondary N) is 1. The predicted molar refractivity (Wildman–Crippen MR) is 82.2 cm³/mol. The van der Waals surface area contributed by atoms with Crippen molar-refractivity contribution < 1.29 is 8.78 Å². The summed E-state index contributed by atoms with van der Waals surface area (Å²) in [5, 5.41) is 3.36. The van der Waals surface area contributed by atoms with E-state index in [0.717, 1.165) is 37.1 Å². The molecule has 21 heavy (non-hydrogen) atoms. The van der Waals surface area contributed by atoms with E-state index in [2.05, 4.69) is 12.2 Å². The highest BCUT2D eigenvalue weighted by Crippen LogP contribution is 2.15. The van der Waals surface area contributed by atoms with Crippen molar-refractivity contribution in [3.05, 3.63) is 71.3 Å². The summed E-state index contributed by atoms with van der Waals surface area (Å²) in [6.07, 6.45) is 1.76. The second-order valence-electron chi connectivity index (χ2n) is 5.33. The van der Waals surface area contributed by atoms with Gasteiger partial charge in [0.2, 0.25) is 0 Å². The van der Waals surface area contributed by atoms with Gasteiger partial charge in [-0.25, -0.2) is 8.78 Å². The zero-order valence-electron chi connectivity index (χ0n) is 12.3. The second kappa shape index (κ2) is 7.89. The normalized spacial score (nSPS) is 11.0. The van der Waals surface area contributed by atoms with E-state index in [0.29, 0.717) is 5.92 Å². The smallest absolute Gasteiger partial charge is 0.123 e. The van der Waals surface area contributed by atoms with E-state index in [-0.39, 0.29) is 11.6 Å². The van der Waals surface area contributed by atoms with Crippen molar-refractivity contribution >= 4 is 0 Å². The molecule has 0 atom stereocenters. The lowest BCUT2D eigenvalue weighted by molar-refractivity contribution is 0.477. The highest BCUT2D eigenvalue weighted by atomic mass is 19.1. The Hall–Kier alpha value is -1.74. The Morgan fingerprint density at radius 3 is 1.62 bits per heavy atom. The van der Waals surface area contributed by atoms with Crippen LogP contribution in [-0.2, 0) is 12.8 Å². The van der Waals surface area contributed by atoms with Crippen molar-refractivity contribution in [3.63, 3.8) is 0 Å². The molecular formula is C18H21F2N. The molecule has 3 heteroatoms. The van der Waals surface area contributed by atoms with E-state index in [1.54, 1.807) is 0 Å². The number of hydrogen-bond donors (Lipinski definition) is 1. The maximum atomic E-state index is 13.0. The van der Waals surface area contributed by atoms with Gasteiger partial charge in [-0.2, -0.15) is 0 Å². The van der Waals surface area contributed by atoms with Gasteiger partial charge in [0.15, 0.2) is 0 Å². The molecule has 0 aliphatic heterocycles. The summed E-state index contributed by atoms with van der Waals surface area (Å²) in [4.78, 5) is 0. The Kier molecular flexibility index (Phi) is 5.88. The van der Waals surface area contributed by atoms with Crippen LogP contribution in [0.15, 0.2) is 48.5 Å². The Balaban J connectivity index is 2.02. The quantitative estimate of drug-likeness (QED) is 0.813. The van der Waals surface area contributed by atoms with Gasteiger partial charge in [-0.1, -0.05) is 31.2 Å². The maximum absolute atomic E-state index is 13.0. The third-order valence-electron chi connectivity index (χ3n) is 3.56. The van der Waals surface area contributed by atoms with E-state index in [9.17, 15) is 8.78 Å². The molecule has 0 bridgehead atoms. The molecule has 0 aliphatic rings. The van der Waals surface area contributed by atoms with E-state index in [4.69, 9.17) is 0 Å². The van der Waals surface area contributed by atoms with Crippen molar-refractivity contribution in [1.29, 1.82) is 0 Å². The van der Waals surface area contributed by atoms with Crippen molar-refractivity contribution in [1.82, 2.24) is 5.32 Å². The van der Waals surface area contributed by atoms with Crippen LogP contribution in [0.5, 0.6) is 0 Å². The predicted octanol–water partition coefficient (Wildman–Crippen LogP) is 3.98. The van der Waals surface area contributed by atoms with Crippen molar-refractivity contribution in [3.8, 4) is 0 Å². The first-order valence-corrected chi connectivity index (χ1v) is 7.37. The van der Waals surface area contributed by atoms with Crippen LogP contribution in [0.25, 0.3) is 0 Å². The van der Waals surface area contributed by atoms with Gasteiger partial charge in [-0.3, -0.25) is 0 Å². The van der Waals surface area contributed by atoms with Crippen LogP contribution in [0.2, 0.25) is 0 Å². The Morgan fingerprint density at radius 2 is 1.24 bits per heavy atom. The van der Waals surface area contributed by atoms with E-state index >= 15 is 0 Å². The summed E-state index contributed by atoms with van der Waals surface area (Å²) in [5.74, 6) is -0.0121. The highest BCUT2D eigenvalue weighted by molar-refractivity contribution is 5.19. The van der Waals surface area contributed by atoms with Crippen LogP contribution in [0, 0.1) is 17.6 Å². The second-order valence-corrected chi connectivity index (χ2v) is 5.33. The van der Waals surface area contributed by atoms with Crippen LogP contribution >= 0.6 is 0 Å². The summed E-state index contributed by atoms with van der Waals surface area (Å²) in [6.45, 7) is 3.89. The molecule has 0 unspecified atom stereocenters. The van der Waals surface area contributed by atoms with Crippen LogP contribution in [-0.4, -0.2) is 13.1 Å². The largest absolute Gasteiger partial charge is 0.317 e. The van der Waals surface area contributed by atoms with Gasteiger partial charge in [0.1, 0.15) is 11.6 Å². The Morgan fingerprint density at radius 1 is 0.810 bits per heavy atom. The molecule has 0 aliphatic carbocycles. The molecular weight excluding hydrogens is 268 g/mol. The van der Waals surface area contributed by atoms with Gasteiger partial charge in [0, 0.05) is 0 Å². The van der Waals surface area contributed by atoms with E-state index in [1.165, 1.54) is 24.3 Å². The van der Waals surface area contributed by atoms with E-state index < -0.39 is 0 Å². The fourth-order valence-corrected chi connectivity index (χ4v) is 2.47. The molecule has 0 saturated heterocycles. The van der Waals surface area contributed by atoms with Crippen LogP contribution in [0.1, 0.15) is 18.1 Å². The van der Waals surface area contributed by atoms with Gasteiger partial charge in [-0.05, 0) is 67.2 Å². The maximum Gasteiger partial charge on any atom is 0.123 e. The number of halogens is 2. The molecule has 112 valence electrons. The SMILES string of the molecule is CCNCC(Cc1ccc(F)cc1)Cc1ccc(F)cc1. The van der Waals surface area contributed by atoms with Crippen LogP contribution in [0.4, 0.5) is 8.78 Å². The van der Waals surface area contributed by atoms with Crippen molar-refractivity contribution in [2.24, 2.45) is 5.92 Å².